The van der Waals surface area contributed by atoms with E-state index in [0.29, 0.717) is 8.61 Å². The van der Waals surface area contributed by atoms with Crippen LogP contribution < -0.4 is 8.61 Å². The van der Waals surface area contributed by atoms with Crippen LogP contribution in [-0.4, -0.2) is 38.6 Å². The Kier molecular flexibility index (Phi) is 8.39. The van der Waals surface area contributed by atoms with E-state index in [2.05, 4.69) is 9.97 Å². The summed E-state index contributed by atoms with van der Waals surface area (Å²) in [6, 6.07) is 22.7. The van der Waals surface area contributed by atoms with Gasteiger partial charge in [-0.2, -0.15) is 8.61 Å². The van der Waals surface area contributed by atoms with E-state index in [1.54, 1.807) is 38.1 Å². The SMILES string of the molecule is Cc1ccc(S(=O)(=O)N(C(=O)c2ccncc2)c2ccc(N(C(=O)c3ccncc3)S(=O)(=O)c3ccc(C)cc3)cc2)cc1. The Balaban J connectivity index is 1.63. The summed E-state index contributed by atoms with van der Waals surface area (Å²) in [6.07, 6.45) is 5.47. The van der Waals surface area contributed by atoms with Crippen molar-refractivity contribution in [2.45, 2.75) is 23.6 Å². The van der Waals surface area contributed by atoms with Gasteiger partial charge in [-0.15, -0.1) is 0 Å². The topological polar surface area (TPSA) is 135 Å². The molecule has 5 rings (SSSR count). The molecule has 2 amide bonds. The summed E-state index contributed by atoms with van der Waals surface area (Å²) in [6.45, 7) is 3.61. The van der Waals surface area contributed by atoms with E-state index in [0.717, 1.165) is 11.1 Å². The highest BCUT2D eigenvalue weighted by atomic mass is 32.2. The second-order valence-corrected chi connectivity index (χ2v) is 13.3. The molecule has 0 fully saturated rings. The van der Waals surface area contributed by atoms with E-state index in [9.17, 15) is 26.4 Å². The van der Waals surface area contributed by atoms with Crippen molar-refractivity contribution < 1.29 is 26.4 Å². The van der Waals surface area contributed by atoms with Crippen molar-refractivity contribution in [2.24, 2.45) is 0 Å². The monoisotopic (exact) mass is 626 g/mol. The molecule has 0 aliphatic carbocycles. The number of rotatable bonds is 8. The first-order valence-electron chi connectivity index (χ1n) is 13.2. The maximum absolute atomic E-state index is 13.9. The number of amides is 2. The number of benzene rings is 3. The standard InChI is InChI=1S/C32H26N4O6S2/c1-23-3-11-29(12-4-23)43(39,40)35(31(37)25-15-19-33-20-16-25)27-7-9-28(10-8-27)36(32(38)26-17-21-34-22-18-26)44(41,42)30-13-5-24(2)6-14-30/h3-22H,1-2H3. The van der Waals surface area contributed by atoms with Gasteiger partial charge in [-0.3, -0.25) is 19.6 Å². The van der Waals surface area contributed by atoms with Crippen molar-refractivity contribution in [3.8, 4) is 0 Å². The molecular weight excluding hydrogens is 601 g/mol. The van der Waals surface area contributed by atoms with Crippen molar-refractivity contribution in [3.63, 3.8) is 0 Å². The lowest BCUT2D eigenvalue weighted by Crippen LogP contribution is -2.38. The normalized spacial score (nSPS) is 11.5. The van der Waals surface area contributed by atoms with Crippen molar-refractivity contribution >= 4 is 43.2 Å². The smallest absolute Gasteiger partial charge is 0.268 e. The molecule has 2 heterocycles. The second-order valence-electron chi connectivity index (χ2n) is 9.76. The van der Waals surface area contributed by atoms with Gasteiger partial charge in [0.2, 0.25) is 0 Å². The number of aryl methyl sites for hydroxylation is 2. The maximum Gasteiger partial charge on any atom is 0.272 e. The number of carbonyl (C=O) groups is 2. The molecule has 3 aromatic carbocycles. The summed E-state index contributed by atoms with van der Waals surface area (Å²) in [5, 5.41) is 0. The highest BCUT2D eigenvalue weighted by molar-refractivity contribution is 7.94. The first kappa shape index (κ1) is 30.3. The van der Waals surface area contributed by atoms with Gasteiger partial charge >= 0.3 is 0 Å². The summed E-state index contributed by atoms with van der Waals surface area (Å²) in [4.78, 5) is 34.9. The van der Waals surface area contributed by atoms with Crippen LogP contribution >= 0.6 is 0 Å². The first-order chi connectivity index (χ1) is 21.0. The Hall–Kier alpha value is -5.20. The molecule has 0 saturated carbocycles. The van der Waals surface area contributed by atoms with E-state index >= 15 is 0 Å². The molecule has 0 saturated heterocycles. The lowest BCUT2D eigenvalue weighted by molar-refractivity contribution is 0.0996. The summed E-state index contributed by atoms with van der Waals surface area (Å²) < 4.78 is 56.7. The third-order valence-corrected chi connectivity index (χ3v) is 10.1. The number of aromatic nitrogens is 2. The molecule has 2 aromatic heterocycles. The Morgan fingerprint density at radius 1 is 0.477 bits per heavy atom. The molecule has 0 aliphatic heterocycles. The predicted molar refractivity (Wildman–Crippen MR) is 165 cm³/mol. The van der Waals surface area contributed by atoms with Crippen LogP contribution in [-0.2, 0) is 20.0 Å². The van der Waals surface area contributed by atoms with Crippen LogP contribution in [0, 0.1) is 13.8 Å². The number of pyridine rings is 2. The van der Waals surface area contributed by atoms with Crippen LogP contribution in [0.1, 0.15) is 31.8 Å². The van der Waals surface area contributed by atoms with Crippen molar-refractivity contribution in [3.05, 3.63) is 144 Å². The van der Waals surface area contributed by atoms with Crippen LogP contribution in [0.4, 0.5) is 11.4 Å². The summed E-state index contributed by atoms with van der Waals surface area (Å²) in [5.74, 6) is -1.70. The van der Waals surface area contributed by atoms with Gasteiger partial charge in [-0.25, -0.2) is 16.8 Å². The zero-order chi connectivity index (χ0) is 31.5. The van der Waals surface area contributed by atoms with Gasteiger partial charge in [0.05, 0.1) is 21.2 Å². The molecule has 0 bridgehead atoms. The third-order valence-electron chi connectivity index (χ3n) is 6.66. The van der Waals surface area contributed by atoms with Gasteiger partial charge in [0.15, 0.2) is 0 Å². The van der Waals surface area contributed by atoms with E-state index in [1.165, 1.54) is 97.6 Å². The molecule has 0 unspecified atom stereocenters. The van der Waals surface area contributed by atoms with Gasteiger partial charge in [0.1, 0.15) is 0 Å². The Labute approximate surface area is 255 Å². The fourth-order valence-electron chi connectivity index (χ4n) is 4.31. The molecule has 0 aliphatic rings. The zero-order valence-corrected chi connectivity index (χ0v) is 25.2. The zero-order valence-electron chi connectivity index (χ0n) is 23.6. The summed E-state index contributed by atoms with van der Waals surface area (Å²) >= 11 is 0. The number of nitrogens with zero attached hydrogens (tertiary/aromatic N) is 4. The van der Waals surface area contributed by atoms with Crippen LogP contribution in [0.2, 0.25) is 0 Å². The second kappa shape index (κ2) is 12.2. The molecule has 0 radical (unpaired) electrons. The first-order valence-corrected chi connectivity index (χ1v) is 16.1. The fourth-order valence-corrected chi connectivity index (χ4v) is 7.14. The van der Waals surface area contributed by atoms with Crippen LogP contribution in [0.3, 0.4) is 0 Å². The van der Waals surface area contributed by atoms with Crippen LogP contribution in [0.5, 0.6) is 0 Å². The van der Waals surface area contributed by atoms with E-state index in [1.807, 2.05) is 0 Å². The quantitative estimate of drug-likeness (QED) is 0.230. The number of sulfonamides is 2. The molecule has 12 heteroatoms. The molecule has 0 N–H and O–H groups in total. The number of carbonyl (C=O) groups excluding carboxylic acids is 2. The minimum absolute atomic E-state index is 0.0659. The minimum atomic E-state index is -4.43. The molecule has 5 aromatic rings. The summed E-state index contributed by atoms with van der Waals surface area (Å²) in [7, 11) is -8.86. The third kappa shape index (κ3) is 5.98. The van der Waals surface area contributed by atoms with E-state index in [-0.39, 0.29) is 32.3 Å². The van der Waals surface area contributed by atoms with Crippen molar-refractivity contribution in [1.29, 1.82) is 0 Å². The fraction of sp³-hybridized carbons (Fsp3) is 0.0625. The van der Waals surface area contributed by atoms with Crippen molar-refractivity contribution in [1.82, 2.24) is 9.97 Å². The predicted octanol–water partition coefficient (Wildman–Crippen LogP) is 5.16. The molecule has 44 heavy (non-hydrogen) atoms. The van der Waals surface area contributed by atoms with Gasteiger partial charge in [-0.1, -0.05) is 35.4 Å². The lowest BCUT2D eigenvalue weighted by atomic mass is 10.2. The molecule has 0 atom stereocenters. The molecule has 10 nitrogen and oxygen atoms in total. The Morgan fingerprint density at radius 3 is 1.07 bits per heavy atom. The number of hydrogen-bond acceptors (Lipinski definition) is 8. The molecular formula is C32H26N4O6S2. The van der Waals surface area contributed by atoms with Gasteiger partial charge in [0.25, 0.3) is 31.9 Å². The average Bonchev–Trinajstić information content (AvgIpc) is 3.03. The summed E-state index contributed by atoms with van der Waals surface area (Å²) in [5.41, 5.74) is 1.65. The average molecular weight is 627 g/mol. The number of anilines is 2. The van der Waals surface area contributed by atoms with Crippen LogP contribution in [0.25, 0.3) is 0 Å². The highest BCUT2D eigenvalue weighted by Gasteiger charge is 2.34. The largest absolute Gasteiger partial charge is 0.272 e. The van der Waals surface area contributed by atoms with Gasteiger partial charge < -0.3 is 0 Å². The molecule has 222 valence electrons. The van der Waals surface area contributed by atoms with Gasteiger partial charge in [0, 0.05) is 35.9 Å². The Morgan fingerprint density at radius 2 is 0.773 bits per heavy atom. The van der Waals surface area contributed by atoms with Crippen LogP contribution in [0.15, 0.2) is 132 Å². The molecule has 0 spiro atoms. The maximum atomic E-state index is 13.9. The highest BCUT2D eigenvalue weighted by Crippen LogP contribution is 2.31. The minimum Gasteiger partial charge on any atom is -0.268 e. The lowest BCUT2D eigenvalue weighted by Gasteiger charge is -2.25. The van der Waals surface area contributed by atoms with E-state index in [4.69, 9.17) is 0 Å². The van der Waals surface area contributed by atoms with Crippen molar-refractivity contribution in [2.75, 3.05) is 8.61 Å². The van der Waals surface area contributed by atoms with Gasteiger partial charge in [-0.05, 0) is 86.6 Å². The van der Waals surface area contributed by atoms with E-state index < -0.39 is 31.9 Å². The Bertz CT molecular complexity index is 1870. The number of hydrogen-bond donors (Lipinski definition) is 0.